The van der Waals surface area contributed by atoms with Crippen molar-refractivity contribution in [3.8, 4) is 5.75 Å². The molecule has 1 N–H and O–H groups in total. The van der Waals surface area contributed by atoms with E-state index in [1.165, 1.54) is 0 Å². The van der Waals surface area contributed by atoms with Crippen LogP contribution < -0.4 is 19.9 Å². The maximum Gasteiger partial charge on any atom is 0.263 e. The largest absolute Gasteiger partial charge is 0.486 e. The summed E-state index contributed by atoms with van der Waals surface area (Å²) in [6.45, 7) is 4.80. The topological polar surface area (TPSA) is 73.8 Å². The first-order valence-electron chi connectivity index (χ1n) is 12.1. The molecule has 184 valence electrons. The molecule has 4 rings (SSSR count). The number of anilines is 3. The molecule has 0 aliphatic carbocycles. The Labute approximate surface area is 207 Å². The van der Waals surface area contributed by atoms with Gasteiger partial charge < -0.3 is 24.8 Å². The van der Waals surface area contributed by atoms with Crippen LogP contribution in [0.25, 0.3) is 0 Å². The molecule has 0 bridgehead atoms. The van der Waals surface area contributed by atoms with Crippen LogP contribution in [0.5, 0.6) is 5.75 Å². The number of fused-ring (bicyclic) bond motifs is 1. The molecule has 0 saturated carbocycles. The molecule has 1 aromatic heterocycles. The third kappa shape index (κ3) is 5.89. The summed E-state index contributed by atoms with van der Waals surface area (Å²) < 4.78 is 6.47. The normalized spacial score (nSPS) is 14.5. The van der Waals surface area contributed by atoms with Crippen molar-refractivity contribution >= 4 is 23.4 Å². The van der Waals surface area contributed by atoms with E-state index in [9.17, 15) is 4.79 Å². The Hall–Kier alpha value is -3.65. The van der Waals surface area contributed by atoms with E-state index < -0.39 is 0 Å². The second-order valence-electron chi connectivity index (χ2n) is 8.95. The predicted octanol–water partition coefficient (Wildman–Crippen LogP) is 4.08. The van der Waals surface area contributed by atoms with Gasteiger partial charge in [-0.1, -0.05) is 36.4 Å². The van der Waals surface area contributed by atoms with Gasteiger partial charge in [0.25, 0.3) is 5.91 Å². The number of carbonyl (C=O) groups excluding carboxylic acids is 1. The molecule has 0 radical (unpaired) electrons. The van der Waals surface area contributed by atoms with Crippen molar-refractivity contribution in [2.45, 2.75) is 19.4 Å². The Morgan fingerprint density at radius 2 is 1.91 bits per heavy atom. The van der Waals surface area contributed by atoms with Gasteiger partial charge in [0.05, 0.1) is 0 Å². The standard InChI is InChI=1S/C27H34N6O2/c1-5-28-27-29-19-23-25(30-27)32(4)16-17-33(26(23)34)21-12-9-13-22(18-21)35-24(14-15-31(2)3)20-10-7-6-8-11-20/h6-13,18-19,24H,5,14-17H2,1-4H3,(H,28,29,30). The van der Waals surface area contributed by atoms with E-state index in [2.05, 4.69) is 46.4 Å². The average Bonchev–Trinajstić information content (AvgIpc) is 2.98. The number of benzene rings is 2. The highest BCUT2D eigenvalue weighted by Gasteiger charge is 2.28. The molecule has 1 aliphatic rings. The zero-order chi connectivity index (χ0) is 24.8. The first-order valence-corrected chi connectivity index (χ1v) is 12.1. The van der Waals surface area contributed by atoms with Crippen molar-refractivity contribution in [2.24, 2.45) is 0 Å². The van der Waals surface area contributed by atoms with Gasteiger partial charge in [0, 0.05) is 57.6 Å². The maximum atomic E-state index is 13.5. The van der Waals surface area contributed by atoms with Crippen LogP contribution in [0.15, 0.2) is 60.8 Å². The van der Waals surface area contributed by atoms with Gasteiger partial charge in [-0.25, -0.2) is 4.98 Å². The lowest BCUT2D eigenvalue weighted by atomic mass is 10.1. The lowest BCUT2D eigenvalue weighted by molar-refractivity contribution is 0.0989. The minimum absolute atomic E-state index is 0.0848. The molecule has 2 aromatic carbocycles. The Morgan fingerprint density at radius 1 is 1.11 bits per heavy atom. The number of likely N-dealkylation sites (N-methyl/N-ethyl adjacent to an activating group) is 1. The summed E-state index contributed by atoms with van der Waals surface area (Å²) in [5.74, 6) is 1.79. The summed E-state index contributed by atoms with van der Waals surface area (Å²) in [6.07, 6.45) is 2.39. The lowest BCUT2D eigenvalue weighted by Crippen LogP contribution is -2.33. The summed E-state index contributed by atoms with van der Waals surface area (Å²) in [7, 11) is 6.08. The SMILES string of the molecule is CCNc1ncc2c(n1)N(C)CCN(c1cccc(OC(CCN(C)C)c3ccccc3)c1)C2=O. The van der Waals surface area contributed by atoms with E-state index in [0.717, 1.165) is 30.0 Å². The molecular formula is C27H34N6O2. The first-order chi connectivity index (χ1) is 17.0. The summed E-state index contributed by atoms with van der Waals surface area (Å²) in [5, 5.41) is 3.12. The zero-order valence-corrected chi connectivity index (χ0v) is 20.9. The van der Waals surface area contributed by atoms with Gasteiger partial charge in [-0.2, -0.15) is 4.98 Å². The minimum atomic E-state index is -0.114. The third-order valence-electron chi connectivity index (χ3n) is 6.02. The summed E-state index contributed by atoms with van der Waals surface area (Å²) >= 11 is 0. The van der Waals surface area contributed by atoms with Gasteiger partial charge in [-0.05, 0) is 38.7 Å². The number of nitrogens with zero attached hydrogens (tertiary/aromatic N) is 5. The molecule has 1 aliphatic heterocycles. The van der Waals surface area contributed by atoms with Crippen LogP contribution in [-0.2, 0) is 0 Å². The van der Waals surface area contributed by atoms with E-state index in [1.807, 2.05) is 61.3 Å². The molecule has 0 saturated heterocycles. The number of ether oxygens (including phenoxy) is 1. The van der Waals surface area contributed by atoms with Gasteiger partial charge in [0.2, 0.25) is 5.95 Å². The van der Waals surface area contributed by atoms with Gasteiger partial charge in [-0.15, -0.1) is 0 Å². The molecule has 1 atom stereocenters. The summed E-state index contributed by atoms with van der Waals surface area (Å²) in [6, 6.07) is 18.0. The highest BCUT2D eigenvalue weighted by molar-refractivity contribution is 6.09. The molecular weight excluding hydrogens is 440 g/mol. The first kappa shape index (κ1) is 24.5. The van der Waals surface area contributed by atoms with Gasteiger partial charge >= 0.3 is 0 Å². The third-order valence-corrected chi connectivity index (χ3v) is 6.02. The fraction of sp³-hybridized carbons (Fsp3) is 0.370. The Morgan fingerprint density at radius 3 is 2.66 bits per heavy atom. The highest BCUT2D eigenvalue weighted by atomic mass is 16.5. The summed E-state index contributed by atoms with van der Waals surface area (Å²) in [4.78, 5) is 28.4. The molecule has 8 heteroatoms. The van der Waals surface area contributed by atoms with E-state index in [0.29, 0.717) is 37.0 Å². The monoisotopic (exact) mass is 474 g/mol. The van der Waals surface area contributed by atoms with Crippen molar-refractivity contribution in [3.05, 3.63) is 71.9 Å². The number of hydrogen-bond donors (Lipinski definition) is 1. The predicted molar refractivity (Wildman–Crippen MR) is 141 cm³/mol. The van der Waals surface area contributed by atoms with Gasteiger partial charge in [-0.3, -0.25) is 4.79 Å². The number of amides is 1. The Kier molecular flexibility index (Phi) is 7.82. The van der Waals surface area contributed by atoms with E-state index in [1.54, 1.807) is 11.1 Å². The van der Waals surface area contributed by atoms with E-state index in [-0.39, 0.29) is 12.0 Å². The fourth-order valence-corrected chi connectivity index (χ4v) is 4.13. The van der Waals surface area contributed by atoms with Crippen LogP contribution in [0, 0.1) is 0 Å². The van der Waals surface area contributed by atoms with Crippen molar-refractivity contribution < 1.29 is 9.53 Å². The van der Waals surface area contributed by atoms with Crippen LogP contribution in [0.3, 0.4) is 0 Å². The van der Waals surface area contributed by atoms with Crippen molar-refractivity contribution in [3.63, 3.8) is 0 Å². The number of aromatic nitrogens is 2. The Bertz CT molecular complexity index is 1140. The highest BCUT2D eigenvalue weighted by Crippen LogP contribution is 2.31. The van der Waals surface area contributed by atoms with Crippen molar-refractivity contribution in [2.75, 3.05) is 62.4 Å². The lowest BCUT2D eigenvalue weighted by Gasteiger charge is -2.24. The number of hydrogen-bond acceptors (Lipinski definition) is 7. The maximum absolute atomic E-state index is 13.5. The molecule has 8 nitrogen and oxygen atoms in total. The molecule has 1 amide bonds. The number of carbonyl (C=O) groups is 1. The molecule has 2 heterocycles. The molecule has 1 unspecified atom stereocenters. The zero-order valence-electron chi connectivity index (χ0n) is 20.9. The number of rotatable bonds is 9. The Balaban J connectivity index is 1.59. The molecule has 3 aromatic rings. The van der Waals surface area contributed by atoms with Crippen molar-refractivity contribution in [1.82, 2.24) is 14.9 Å². The van der Waals surface area contributed by atoms with Crippen LogP contribution in [0.2, 0.25) is 0 Å². The summed E-state index contributed by atoms with van der Waals surface area (Å²) in [5.41, 5.74) is 2.42. The smallest absolute Gasteiger partial charge is 0.263 e. The fourth-order valence-electron chi connectivity index (χ4n) is 4.13. The van der Waals surface area contributed by atoms with Crippen LogP contribution in [0.4, 0.5) is 17.5 Å². The minimum Gasteiger partial charge on any atom is -0.486 e. The van der Waals surface area contributed by atoms with Crippen molar-refractivity contribution in [1.29, 1.82) is 0 Å². The molecule has 0 spiro atoms. The molecule has 0 fully saturated rings. The quantitative estimate of drug-likeness (QED) is 0.501. The van der Waals surface area contributed by atoms with E-state index in [4.69, 9.17) is 4.74 Å². The second-order valence-corrected chi connectivity index (χ2v) is 8.95. The average molecular weight is 475 g/mol. The van der Waals surface area contributed by atoms with Crippen LogP contribution in [-0.4, -0.2) is 68.1 Å². The second kappa shape index (κ2) is 11.2. The van der Waals surface area contributed by atoms with Crippen LogP contribution >= 0.6 is 0 Å². The van der Waals surface area contributed by atoms with Gasteiger partial charge in [0.15, 0.2) is 0 Å². The van der Waals surface area contributed by atoms with E-state index >= 15 is 0 Å². The van der Waals surface area contributed by atoms with Crippen LogP contribution in [0.1, 0.15) is 35.4 Å². The van der Waals surface area contributed by atoms with Gasteiger partial charge in [0.1, 0.15) is 23.2 Å². The molecule has 35 heavy (non-hydrogen) atoms. The number of nitrogens with one attached hydrogen (secondary N) is 1.